The van der Waals surface area contributed by atoms with E-state index in [0.717, 1.165) is 5.56 Å². The third-order valence-corrected chi connectivity index (χ3v) is 5.35. The summed E-state index contributed by atoms with van der Waals surface area (Å²) < 4.78 is 3.67. The van der Waals surface area contributed by atoms with Gasteiger partial charge in [0.15, 0.2) is 5.82 Å². The van der Waals surface area contributed by atoms with Crippen LogP contribution in [0.3, 0.4) is 0 Å². The Balaban J connectivity index is 1.52. The van der Waals surface area contributed by atoms with Crippen molar-refractivity contribution in [2.45, 2.75) is 26.9 Å². The molecule has 0 amide bonds. The number of hydrogen-bond donors (Lipinski definition) is 2. The molecule has 0 bridgehead atoms. The van der Waals surface area contributed by atoms with Gasteiger partial charge in [-0.3, -0.25) is 4.57 Å². The Morgan fingerprint density at radius 2 is 1.53 bits per heavy atom. The zero-order valence-electron chi connectivity index (χ0n) is 16.9. The molecule has 0 unspecified atom stereocenters. The molecule has 0 radical (unpaired) electrons. The summed E-state index contributed by atoms with van der Waals surface area (Å²) in [5.74, 6) is 1.38. The Kier molecular flexibility index (Phi) is 4.35. The summed E-state index contributed by atoms with van der Waals surface area (Å²) in [7, 11) is 0. The molecule has 7 heteroatoms. The minimum absolute atomic E-state index is 0.178. The summed E-state index contributed by atoms with van der Waals surface area (Å²) in [6.45, 7) is 5.24. The fraction of sp³-hybridized carbons (Fsp3) is 0.174. The maximum absolute atomic E-state index is 12.7. The zero-order chi connectivity index (χ0) is 20.7. The van der Waals surface area contributed by atoms with Crippen LogP contribution in [0.5, 0.6) is 0 Å². The number of hydrogen-bond acceptors (Lipinski definition) is 4. The molecule has 150 valence electrons. The maximum Gasteiger partial charge on any atom is 0.327 e. The second-order valence-corrected chi connectivity index (χ2v) is 7.66. The molecule has 0 saturated carbocycles. The molecule has 1 aliphatic rings. The van der Waals surface area contributed by atoms with Crippen LogP contribution in [0.4, 0.5) is 11.6 Å². The van der Waals surface area contributed by atoms with E-state index in [0.29, 0.717) is 36.1 Å². The quantitative estimate of drug-likeness (QED) is 0.548. The van der Waals surface area contributed by atoms with Crippen LogP contribution in [0.1, 0.15) is 22.3 Å². The fourth-order valence-electron chi connectivity index (χ4n) is 3.67. The van der Waals surface area contributed by atoms with Gasteiger partial charge in [0, 0.05) is 0 Å². The van der Waals surface area contributed by atoms with Crippen LogP contribution in [-0.4, -0.2) is 25.4 Å². The molecule has 0 atom stereocenters. The van der Waals surface area contributed by atoms with Crippen LogP contribution in [0, 0.1) is 13.8 Å². The van der Waals surface area contributed by atoms with Crippen LogP contribution in [0.25, 0.3) is 11.4 Å². The summed E-state index contributed by atoms with van der Waals surface area (Å²) in [5.41, 5.74) is 5.77. The van der Waals surface area contributed by atoms with Crippen molar-refractivity contribution in [3.05, 3.63) is 87.6 Å². The van der Waals surface area contributed by atoms with Gasteiger partial charge in [0.25, 0.3) is 0 Å². The number of aromatic nitrogens is 4. The molecule has 3 heterocycles. The Morgan fingerprint density at radius 1 is 0.900 bits per heavy atom. The van der Waals surface area contributed by atoms with E-state index in [4.69, 9.17) is 0 Å². The van der Waals surface area contributed by atoms with Crippen LogP contribution in [0.2, 0.25) is 0 Å². The number of aliphatic imine (C=N–C) groups is 1. The molecule has 1 aliphatic heterocycles. The summed E-state index contributed by atoms with van der Waals surface area (Å²) >= 11 is 0. The second kappa shape index (κ2) is 7.18. The Labute approximate surface area is 173 Å². The van der Waals surface area contributed by atoms with Crippen LogP contribution in [0.15, 0.2) is 64.6 Å². The summed E-state index contributed by atoms with van der Waals surface area (Å²) in [5, 5.41) is 3.16. The smallest absolute Gasteiger partial charge is 0.327 e. The monoisotopic (exact) mass is 398 g/mol. The molecule has 30 heavy (non-hydrogen) atoms. The highest BCUT2D eigenvalue weighted by Crippen LogP contribution is 2.34. The highest BCUT2D eigenvalue weighted by atomic mass is 16.1. The van der Waals surface area contributed by atoms with E-state index in [1.54, 1.807) is 17.2 Å². The normalized spacial score (nSPS) is 12.2. The van der Waals surface area contributed by atoms with Crippen molar-refractivity contribution in [3.8, 4) is 11.4 Å². The number of benzene rings is 2. The fourth-order valence-corrected chi connectivity index (χ4v) is 3.67. The number of H-pyrrole nitrogens is 1. The lowest BCUT2D eigenvalue weighted by molar-refractivity contribution is 0.770. The first-order valence-electron chi connectivity index (χ1n) is 9.87. The van der Waals surface area contributed by atoms with Crippen molar-refractivity contribution in [2.75, 3.05) is 5.32 Å². The first kappa shape index (κ1) is 18.2. The first-order valence-corrected chi connectivity index (χ1v) is 9.87. The van der Waals surface area contributed by atoms with E-state index >= 15 is 0 Å². The van der Waals surface area contributed by atoms with E-state index in [2.05, 4.69) is 51.5 Å². The van der Waals surface area contributed by atoms with Crippen LogP contribution >= 0.6 is 0 Å². The molecule has 0 aliphatic carbocycles. The van der Waals surface area contributed by atoms with Crippen molar-refractivity contribution in [1.29, 1.82) is 0 Å². The SMILES string of the molecule is Cc1ccc(Cn2cnc3c2N=CNc2c-3[nH]c(=O)n2Cc2ccc(C)cc2)cc1. The van der Waals surface area contributed by atoms with E-state index < -0.39 is 0 Å². The molecule has 2 aromatic carbocycles. The third-order valence-electron chi connectivity index (χ3n) is 5.35. The predicted octanol–water partition coefficient (Wildman–Crippen LogP) is 3.84. The van der Waals surface area contributed by atoms with Gasteiger partial charge >= 0.3 is 5.69 Å². The molecule has 4 aromatic rings. The molecule has 7 nitrogen and oxygen atoms in total. The van der Waals surface area contributed by atoms with Gasteiger partial charge in [-0.25, -0.2) is 14.8 Å². The summed E-state index contributed by atoms with van der Waals surface area (Å²) in [6, 6.07) is 16.6. The van der Waals surface area contributed by atoms with E-state index in [-0.39, 0.29) is 5.69 Å². The topological polar surface area (TPSA) is 80.0 Å². The van der Waals surface area contributed by atoms with Crippen molar-refractivity contribution in [2.24, 2.45) is 4.99 Å². The largest absolute Gasteiger partial charge is 0.330 e. The minimum atomic E-state index is -0.178. The third kappa shape index (κ3) is 3.24. The van der Waals surface area contributed by atoms with Crippen molar-refractivity contribution in [3.63, 3.8) is 0 Å². The lowest BCUT2D eigenvalue weighted by Gasteiger charge is -2.07. The molecule has 2 N–H and O–H groups in total. The number of fused-ring (bicyclic) bond motifs is 3. The second-order valence-electron chi connectivity index (χ2n) is 7.66. The maximum atomic E-state index is 12.7. The zero-order valence-corrected chi connectivity index (χ0v) is 16.9. The van der Waals surface area contributed by atoms with Crippen molar-refractivity contribution in [1.82, 2.24) is 19.1 Å². The average molecular weight is 398 g/mol. The van der Waals surface area contributed by atoms with Gasteiger partial charge in [-0.1, -0.05) is 59.7 Å². The minimum Gasteiger partial charge on any atom is -0.330 e. The van der Waals surface area contributed by atoms with Gasteiger partial charge < -0.3 is 14.9 Å². The highest BCUT2D eigenvalue weighted by Gasteiger charge is 2.23. The molecular weight excluding hydrogens is 376 g/mol. The molecule has 0 saturated heterocycles. The number of nitrogens with zero attached hydrogens (tertiary/aromatic N) is 4. The van der Waals surface area contributed by atoms with Crippen molar-refractivity contribution < 1.29 is 0 Å². The van der Waals surface area contributed by atoms with Gasteiger partial charge in [-0.2, -0.15) is 0 Å². The van der Waals surface area contributed by atoms with Gasteiger partial charge in [0.1, 0.15) is 17.2 Å². The molecule has 2 aromatic heterocycles. The van der Waals surface area contributed by atoms with Gasteiger partial charge in [0.05, 0.1) is 25.8 Å². The van der Waals surface area contributed by atoms with Crippen molar-refractivity contribution >= 4 is 18.0 Å². The number of rotatable bonds is 4. The number of aromatic amines is 1. The number of aryl methyl sites for hydroxylation is 2. The Bertz CT molecular complexity index is 1290. The van der Waals surface area contributed by atoms with Gasteiger partial charge in [0.2, 0.25) is 0 Å². The van der Waals surface area contributed by atoms with Gasteiger partial charge in [-0.05, 0) is 25.0 Å². The summed E-state index contributed by atoms with van der Waals surface area (Å²) in [4.78, 5) is 24.8. The predicted molar refractivity (Wildman–Crippen MR) is 119 cm³/mol. The molecule has 0 fully saturated rings. The van der Waals surface area contributed by atoms with Crippen LogP contribution < -0.4 is 11.0 Å². The average Bonchev–Trinajstić information content (AvgIpc) is 3.21. The lowest BCUT2D eigenvalue weighted by atomic mass is 10.1. The molecular formula is C23H22N6O. The van der Waals surface area contributed by atoms with Gasteiger partial charge in [-0.15, -0.1) is 0 Å². The lowest BCUT2D eigenvalue weighted by Crippen LogP contribution is -2.19. The molecule has 5 rings (SSSR count). The van der Waals surface area contributed by atoms with E-state index in [9.17, 15) is 4.79 Å². The number of anilines is 1. The highest BCUT2D eigenvalue weighted by molar-refractivity contribution is 5.90. The van der Waals surface area contributed by atoms with E-state index in [1.165, 1.54) is 16.7 Å². The number of nitrogens with one attached hydrogen (secondary N) is 2. The van der Waals surface area contributed by atoms with E-state index in [1.807, 2.05) is 35.8 Å². The first-order chi connectivity index (χ1) is 14.6. The standard InChI is InChI=1S/C23H22N6O/c1-15-3-7-17(8-4-15)11-28-14-26-19-20-22(25-13-24-21(19)28)29(23(30)27-20)12-18-9-5-16(2)6-10-18/h3-10,13-14H,11-12H2,1-2H3,(H,24,25)(H,27,30). The summed E-state index contributed by atoms with van der Waals surface area (Å²) in [6.07, 6.45) is 3.39. The Hall–Kier alpha value is -3.87. The Morgan fingerprint density at radius 3 is 2.20 bits per heavy atom. The molecule has 0 spiro atoms. The number of imidazole rings is 2. The van der Waals surface area contributed by atoms with Crippen LogP contribution in [-0.2, 0) is 13.1 Å².